The molecule has 0 bridgehead atoms. The second-order valence-corrected chi connectivity index (χ2v) is 7.32. The predicted molar refractivity (Wildman–Crippen MR) is 77.3 cm³/mol. The minimum atomic E-state index is -3.72. The summed E-state index contributed by atoms with van der Waals surface area (Å²) in [4.78, 5) is 10.7. The third-order valence-corrected chi connectivity index (χ3v) is 5.12. The van der Waals surface area contributed by atoms with Crippen LogP contribution in [-0.4, -0.2) is 25.2 Å². The van der Waals surface area contributed by atoms with Crippen molar-refractivity contribution in [2.24, 2.45) is 5.92 Å². The summed E-state index contributed by atoms with van der Waals surface area (Å²) in [5.41, 5.74) is -1.42. The molecule has 1 aliphatic carbocycles. The van der Waals surface area contributed by atoms with E-state index in [1.165, 1.54) is 0 Å². The van der Waals surface area contributed by atoms with Crippen molar-refractivity contribution in [1.29, 1.82) is 0 Å². The van der Waals surface area contributed by atoms with Gasteiger partial charge in [0.05, 0.1) is 11.4 Å². The first kappa shape index (κ1) is 16.7. The van der Waals surface area contributed by atoms with E-state index < -0.39 is 33.2 Å². The van der Waals surface area contributed by atoms with Crippen molar-refractivity contribution in [2.75, 3.05) is 10.5 Å². The molecule has 2 rings (SSSR count). The number of aromatic carboxylic acids is 1. The summed E-state index contributed by atoms with van der Waals surface area (Å²) in [6.07, 6.45) is 4.72. The zero-order valence-electron chi connectivity index (χ0n) is 11.8. The lowest BCUT2D eigenvalue weighted by molar-refractivity contribution is 0.0686. The normalized spacial score (nSPS) is 15.9. The summed E-state index contributed by atoms with van der Waals surface area (Å²) >= 11 is 0. The molecule has 1 aliphatic rings. The first-order chi connectivity index (χ1) is 10.3. The van der Waals surface area contributed by atoms with Gasteiger partial charge in [0, 0.05) is 0 Å². The molecule has 0 amide bonds. The molecule has 0 aromatic heterocycles. The number of benzene rings is 1. The summed E-state index contributed by atoms with van der Waals surface area (Å²) in [5.74, 6) is -4.13. The van der Waals surface area contributed by atoms with Gasteiger partial charge in [0.25, 0.3) is 0 Å². The maximum atomic E-state index is 13.5. The maximum Gasteiger partial charge on any atom is 0.341 e. The molecule has 0 heterocycles. The van der Waals surface area contributed by atoms with E-state index >= 15 is 0 Å². The van der Waals surface area contributed by atoms with Gasteiger partial charge in [-0.25, -0.2) is 22.0 Å². The summed E-state index contributed by atoms with van der Waals surface area (Å²) in [6, 6.07) is 1.33. The quantitative estimate of drug-likeness (QED) is 0.838. The number of nitrogens with one attached hydrogen (secondary N) is 1. The molecule has 0 spiro atoms. The molecule has 1 saturated carbocycles. The lowest BCUT2D eigenvalue weighted by Gasteiger charge is -2.12. The van der Waals surface area contributed by atoms with Gasteiger partial charge in [0.1, 0.15) is 17.2 Å². The second-order valence-electron chi connectivity index (χ2n) is 5.48. The Balaban J connectivity index is 2.07. The zero-order valence-corrected chi connectivity index (χ0v) is 12.6. The minimum absolute atomic E-state index is 0.123. The molecule has 1 fully saturated rings. The number of hydrogen-bond acceptors (Lipinski definition) is 3. The Morgan fingerprint density at radius 3 is 2.27 bits per heavy atom. The van der Waals surface area contributed by atoms with Crippen molar-refractivity contribution < 1.29 is 27.1 Å². The van der Waals surface area contributed by atoms with Gasteiger partial charge in [-0.1, -0.05) is 25.7 Å². The number of rotatable bonds is 6. The third kappa shape index (κ3) is 4.16. The van der Waals surface area contributed by atoms with Crippen molar-refractivity contribution in [3.05, 3.63) is 29.3 Å². The molecule has 0 aliphatic heterocycles. The highest BCUT2D eigenvalue weighted by Gasteiger charge is 2.21. The van der Waals surface area contributed by atoms with E-state index in [-0.39, 0.29) is 11.4 Å². The SMILES string of the molecule is O=C(O)c1c(F)cc(NS(=O)(=O)CCC2CCCC2)cc1F. The van der Waals surface area contributed by atoms with Gasteiger partial charge in [-0.3, -0.25) is 4.72 Å². The molecule has 2 N–H and O–H groups in total. The lowest BCUT2D eigenvalue weighted by atomic mass is 10.1. The molecule has 5 nitrogen and oxygen atoms in total. The van der Waals surface area contributed by atoms with Crippen LogP contribution in [0.15, 0.2) is 12.1 Å². The van der Waals surface area contributed by atoms with Gasteiger partial charge in [-0.2, -0.15) is 0 Å². The number of carbonyl (C=O) groups is 1. The van der Waals surface area contributed by atoms with Crippen molar-refractivity contribution in [1.82, 2.24) is 0 Å². The average molecular weight is 333 g/mol. The van der Waals surface area contributed by atoms with Crippen molar-refractivity contribution in [2.45, 2.75) is 32.1 Å². The topological polar surface area (TPSA) is 83.5 Å². The molecule has 1 aromatic rings. The van der Waals surface area contributed by atoms with E-state index in [0.717, 1.165) is 25.7 Å². The molecule has 0 saturated heterocycles. The molecule has 1 aromatic carbocycles. The number of halogens is 2. The Hall–Kier alpha value is -1.70. The van der Waals surface area contributed by atoms with Crippen LogP contribution in [0.4, 0.5) is 14.5 Å². The van der Waals surface area contributed by atoms with Gasteiger partial charge < -0.3 is 5.11 Å². The lowest BCUT2D eigenvalue weighted by Crippen LogP contribution is -2.19. The van der Waals surface area contributed by atoms with Crippen LogP contribution in [0.2, 0.25) is 0 Å². The summed E-state index contributed by atoms with van der Waals surface area (Å²) in [7, 11) is -3.72. The Labute approximate surface area is 127 Å². The highest BCUT2D eigenvalue weighted by atomic mass is 32.2. The maximum absolute atomic E-state index is 13.5. The molecule has 8 heteroatoms. The summed E-state index contributed by atoms with van der Waals surface area (Å²) in [5, 5.41) is 8.66. The van der Waals surface area contributed by atoms with E-state index in [9.17, 15) is 22.0 Å². The first-order valence-corrected chi connectivity index (χ1v) is 8.66. The fraction of sp³-hybridized carbons (Fsp3) is 0.500. The zero-order chi connectivity index (χ0) is 16.3. The summed E-state index contributed by atoms with van der Waals surface area (Å²) in [6.45, 7) is 0. The number of carboxylic acid groups (broad SMARTS) is 1. The molecule has 0 unspecified atom stereocenters. The number of hydrogen-bond donors (Lipinski definition) is 2. The Kier molecular flexibility index (Phi) is 5.00. The van der Waals surface area contributed by atoms with E-state index in [0.29, 0.717) is 24.5 Å². The van der Waals surface area contributed by atoms with Crippen LogP contribution in [0.3, 0.4) is 0 Å². The van der Waals surface area contributed by atoms with Crippen LogP contribution >= 0.6 is 0 Å². The fourth-order valence-corrected chi connectivity index (χ4v) is 3.91. The monoisotopic (exact) mass is 333 g/mol. The van der Waals surface area contributed by atoms with E-state index in [2.05, 4.69) is 4.72 Å². The summed E-state index contributed by atoms with van der Waals surface area (Å²) < 4.78 is 53.0. The number of carboxylic acids is 1. The predicted octanol–water partition coefficient (Wildman–Crippen LogP) is 2.99. The average Bonchev–Trinajstić information content (AvgIpc) is 2.87. The fourth-order valence-electron chi connectivity index (χ4n) is 2.69. The second kappa shape index (κ2) is 6.60. The van der Waals surface area contributed by atoms with Crippen LogP contribution < -0.4 is 4.72 Å². The van der Waals surface area contributed by atoms with E-state index in [4.69, 9.17) is 5.11 Å². The highest BCUT2D eigenvalue weighted by Crippen LogP contribution is 2.28. The van der Waals surface area contributed by atoms with Crippen LogP contribution in [0.5, 0.6) is 0 Å². The smallest absolute Gasteiger partial charge is 0.341 e. The van der Waals surface area contributed by atoms with Gasteiger partial charge in [0.15, 0.2) is 0 Å². The standard InChI is InChI=1S/C14H17F2NO4S/c15-11-7-10(8-12(16)13(11)14(18)19)17-22(20,21)6-5-9-3-1-2-4-9/h7-9,17H,1-6H2,(H,18,19). The highest BCUT2D eigenvalue weighted by molar-refractivity contribution is 7.92. The van der Waals surface area contributed by atoms with Gasteiger partial charge >= 0.3 is 5.97 Å². The Morgan fingerprint density at radius 2 is 1.77 bits per heavy atom. The van der Waals surface area contributed by atoms with Crippen LogP contribution in [0.1, 0.15) is 42.5 Å². The van der Waals surface area contributed by atoms with E-state index in [1.807, 2.05) is 0 Å². The van der Waals surface area contributed by atoms with Crippen molar-refractivity contribution in [3.63, 3.8) is 0 Å². The largest absolute Gasteiger partial charge is 0.477 e. The molecular weight excluding hydrogens is 316 g/mol. The Morgan fingerprint density at radius 1 is 1.23 bits per heavy atom. The van der Waals surface area contributed by atoms with Gasteiger partial charge in [-0.15, -0.1) is 0 Å². The van der Waals surface area contributed by atoms with Crippen LogP contribution in [0, 0.1) is 17.6 Å². The third-order valence-electron chi connectivity index (χ3n) is 3.80. The van der Waals surface area contributed by atoms with Crippen LogP contribution in [-0.2, 0) is 10.0 Å². The van der Waals surface area contributed by atoms with E-state index in [1.54, 1.807) is 0 Å². The van der Waals surface area contributed by atoms with Crippen molar-refractivity contribution >= 4 is 21.7 Å². The molecule has 0 atom stereocenters. The van der Waals surface area contributed by atoms with Gasteiger partial charge in [-0.05, 0) is 24.5 Å². The minimum Gasteiger partial charge on any atom is -0.477 e. The number of anilines is 1. The molecule has 122 valence electrons. The van der Waals surface area contributed by atoms with Gasteiger partial charge in [0.2, 0.25) is 10.0 Å². The molecular formula is C14H17F2NO4S. The molecule has 0 radical (unpaired) electrons. The van der Waals surface area contributed by atoms with Crippen LogP contribution in [0.25, 0.3) is 0 Å². The number of sulfonamides is 1. The first-order valence-electron chi connectivity index (χ1n) is 7.01. The Bertz CT molecular complexity index is 646. The van der Waals surface area contributed by atoms with Crippen molar-refractivity contribution in [3.8, 4) is 0 Å². The molecule has 22 heavy (non-hydrogen) atoms.